The van der Waals surface area contributed by atoms with E-state index in [4.69, 9.17) is 0 Å². The molecule has 4 rings (SSSR count). The zero-order valence-corrected chi connectivity index (χ0v) is 20.4. The van der Waals surface area contributed by atoms with Crippen LogP contribution in [-0.4, -0.2) is 65.4 Å². The summed E-state index contributed by atoms with van der Waals surface area (Å²) in [5, 5.41) is 3.19. The fraction of sp³-hybridized carbons (Fsp3) is 0.536. The minimum atomic E-state index is -0.0976. The van der Waals surface area contributed by atoms with Crippen LogP contribution in [0.4, 0.5) is 0 Å². The Bertz CT molecular complexity index is 907. The summed E-state index contributed by atoms with van der Waals surface area (Å²) in [5.74, 6) is 0.669. The van der Waals surface area contributed by atoms with Gasteiger partial charge in [-0.3, -0.25) is 19.5 Å². The highest BCUT2D eigenvalue weighted by atomic mass is 16.2. The van der Waals surface area contributed by atoms with E-state index in [2.05, 4.69) is 22.1 Å². The number of hydrogen-bond acceptors (Lipinski definition) is 4. The standard InChI is InChI=1S/C28H38N4O2/c1-2-25(22-10-4-3-5-11-22)28(34)32-20-18-31(19-21-32)26(23-12-6-7-13-23)27(33)30-17-15-24-14-8-9-16-29-24/h3-5,8-11,14,16,23,25-26H,2,6-7,12-13,15,17-21H2,1H3,(H,30,33). The number of aromatic nitrogens is 1. The molecule has 0 radical (unpaired) electrons. The van der Waals surface area contributed by atoms with Gasteiger partial charge < -0.3 is 10.2 Å². The predicted octanol–water partition coefficient (Wildman–Crippen LogP) is 3.64. The lowest BCUT2D eigenvalue weighted by Gasteiger charge is -2.41. The first kappa shape index (κ1) is 24.4. The second-order valence-corrected chi connectivity index (χ2v) is 9.58. The Morgan fingerprint density at radius 3 is 2.35 bits per heavy atom. The minimum absolute atomic E-state index is 0.0896. The molecule has 1 aromatic heterocycles. The van der Waals surface area contributed by atoms with Gasteiger partial charge in [0.15, 0.2) is 0 Å². The third-order valence-electron chi connectivity index (χ3n) is 7.45. The van der Waals surface area contributed by atoms with E-state index < -0.39 is 0 Å². The number of pyridine rings is 1. The number of piperazine rings is 1. The maximum absolute atomic E-state index is 13.3. The van der Waals surface area contributed by atoms with Gasteiger partial charge in [0, 0.05) is 51.0 Å². The highest BCUT2D eigenvalue weighted by molar-refractivity contribution is 5.84. The molecule has 1 aliphatic carbocycles. The van der Waals surface area contributed by atoms with Crippen molar-refractivity contribution in [3.05, 3.63) is 66.0 Å². The fourth-order valence-electron chi connectivity index (χ4n) is 5.59. The molecule has 2 aromatic rings. The molecule has 34 heavy (non-hydrogen) atoms. The van der Waals surface area contributed by atoms with Gasteiger partial charge in [-0.2, -0.15) is 0 Å². The molecule has 2 aliphatic rings. The monoisotopic (exact) mass is 462 g/mol. The second kappa shape index (κ2) is 12.1. The minimum Gasteiger partial charge on any atom is -0.354 e. The molecule has 2 heterocycles. The van der Waals surface area contributed by atoms with E-state index in [1.54, 1.807) is 6.20 Å². The van der Waals surface area contributed by atoms with E-state index in [0.717, 1.165) is 50.0 Å². The molecular formula is C28H38N4O2. The van der Waals surface area contributed by atoms with Crippen molar-refractivity contribution in [2.45, 2.75) is 57.4 Å². The Kier molecular flexibility index (Phi) is 8.69. The fourth-order valence-corrected chi connectivity index (χ4v) is 5.59. The van der Waals surface area contributed by atoms with Gasteiger partial charge in [-0.25, -0.2) is 0 Å². The number of carbonyl (C=O) groups excluding carboxylic acids is 2. The van der Waals surface area contributed by atoms with Crippen LogP contribution < -0.4 is 5.32 Å². The van der Waals surface area contributed by atoms with Gasteiger partial charge in [-0.15, -0.1) is 0 Å². The Morgan fingerprint density at radius 1 is 1.00 bits per heavy atom. The van der Waals surface area contributed by atoms with E-state index in [9.17, 15) is 9.59 Å². The van der Waals surface area contributed by atoms with Crippen molar-refractivity contribution in [3.8, 4) is 0 Å². The van der Waals surface area contributed by atoms with E-state index >= 15 is 0 Å². The lowest BCUT2D eigenvalue weighted by atomic mass is 9.93. The summed E-state index contributed by atoms with van der Waals surface area (Å²) in [6, 6.07) is 15.9. The summed E-state index contributed by atoms with van der Waals surface area (Å²) in [7, 11) is 0. The van der Waals surface area contributed by atoms with Gasteiger partial charge in [0.2, 0.25) is 11.8 Å². The first-order chi connectivity index (χ1) is 16.7. The van der Waals surface area contributed by atoms with Crippen molar-refractivity contribution >= 4 is 11.8 Å². The molecule has 6 nitrogen and oxygen atoms in total. The molecule has 2 fully saturated rings. The van der Waals surface area contributed by atoms with Crippen molar-refractivity contribution in [2.24, 2.45) is 5.92 Å². The maximum atomic E-state index is 13.3. The van der Waals surface area contributed by atoms with E-state index in [1.807, 2.05) is 53.4 Å². The molecule has 2 amide bonds. The summed E-state index contributed by atoms with van der Waals surface area (Å²) in [6.45, 7) is 5.57. The molecule has 0 spiro atoms. The predicted molar refractivity (Wildman–Crippen MR) is 134 cm³/mol. The zero-order valence-electron chi connectivity index (χ0n) is 20.4. The van der Waals surface area contributed by atoms with Crippen LogP contribution in [-0.2, 0) is 16.0 Å². The summed E-state index contributed by atoms with van der Waals surface area (Å²) in [6.07, 6.45) is 7.97. The molecule has 1 aliphatic heterocycles. The van der Waals surface area contributed by atoms with Gasteiger partial charge in [0.1, 0.15) is 0 Å². The first-order valence-electron chi connectivity index (χ1n) is 12.9. The molecule has 1 saturated heterocycles. The highest BCUT2D eigenvalue weighted by Gasteiger charge is 2.37. The first-order valence-corrected chi connectivity index (χ1v) is 12.9. The van der Waals surface area contributed by atoms with Gasteiger partial charge in [-0.05, 0) is 42.9 Å². The van der Waals surface area contributed by atoms with Crippen LogP contribution in [0, 0.1) is 5.92 Å². The van der Waals surface area contributed by atoms with Crippen molar-refractivity contribution in [2.75, 3.05) is 32.7 Å². The maximum Gasteiger partial charge on any atom is 0.237 e. The third kappa shape index (κ3) is 6.03. The quantitative estimate of drug-likeness (QED) is 0.618. The SMILES string of the molecule is CCC(C(=O)N1CCN(C(C(=O)NCCc2ccccn2)C2CCCC2)CC1)c1ccccc1. The van der Waals surface area contributed by atoms with Gasteiger partial charge >= 0.3 is 0 Å². The van der Waals surface area contributed by atoms with Crippen molar-refractivity contribution in [1.82, 2.24) is 20.1 Å². The number of rotatable bonds is 9. The molecule has 0 bridgehead atoms. The lowest BCUT2D eigenvalue weighted by molar-refractivity contribution is -0.136. The Balaban J connectivity index is 1.35. The smallest absolute Gasteiger partial charge is 0.237 e. The molecular weight excluding hydrogens is 424 g/mol. The van der Waals surface area contributed by atoms with Crippen molar-refractivity contribution < 1.29 is 9.59 Å². The Labute approximate surface area is 203 Å². The summed E-state index contributed by atoms with van der Waals surface area (Å²) in [4.78, 5) is 35.3. The summed E-state index contributed by atoms with van der Waals surface area (Å²) >= 11 is 0. The number of nitrogens with zero attached hydrogens (tertiary/aromatic N) is 3. The van der Waals surface area contributed by atoms with Crippen LogP contribution in [0.1, 0.15) is 56.2 Å². The Hall–Kier alpha value is -2.73. The van der Waals surface area contributed by atoms with Crippen molar-refractivity contribution in [1.29, 1.82) is 0 Å². The number of benzene rings is 1. The third-order valence-corrected chi connectivity index (χ3v) is 7.45. The summed E-state index contributed by atoms with van der Waals surface area (Å²) < 4.78 is 0. The van der Waals surface area contributed by atoms with E-state index in [1.165, 1.54) is 12.8 Å². The second-order valence-electron chi connectivity index (χ2n) is 9.58. The lowest BCUT2D eigenvalue weighted by Crippen LogP contribution is -2.58. The van der Waals surface area contributed by atoms with E-state index in [-0.39, 0.29) is 23.8 Å². The van der Waals surface area contributed by atoms with Crippen LogP contribution in [0.15, 0.2) is 54.7 Å². The number of hydrogen-bond donors (Lipinski definition) is 1. The van der Waals surface area contributed by atoms with Crippen LogP contribution >= 0.6 is 0 Å². The van der Waals surface area contributed by atoms with Crippen LogP contribution in [0.3, 0.4) is 0 Å². The number of carbonyl (C=O) groups is 2. The van der Waals surface area contributed by atoms with Gasteiger partial charge in [0.05, 0.1) is 12.0 Å². The average Bonchev–Trinajstić information content (AvgIpc) is 3.41. The zero-order chi connectivity index (χ0) is 23.8. The normalized spacial score (nSPS) is 19.0. The molecule has 1 aromatic carbocycles. The highest BCUT2D eigenvalue weighted by Crippen LogP contribution is 2.31. The number of amides is 2. The molecule has 1 N–H and O–H groups in total. The van der Waals surface area contributed by atoms with Crippen molar-refractivity contribution in [3.63, 3.8) is 0 Å². The molecule has 2 atom stereocenters. The largest absolute Gasteiger partial charge is 0.354 e. The van der Waals surface area contributed by atoms with E-state index in [0.29, 0.717) is 25.6 Å². The van der Waals surface area contributed by atoms with Gasteiger partial charge in [0.25, 0.3) is 0 Å². The number of nitrogens with one attached hydrogen (secondary N) is 1. The Morgan fingerprint density at radius 2 is 1.71 bits per heavy atom. The summed E-state index contributed by atoms with van der Waals surface area (Å²) in [5.41, 5.74) is 2.09. The van der Waals surface area contributed by atoms with Gasteiger partial charge in [-0.1, -0.05) is 56.2 Å². The average molecular weight is 463 g/mol. The molecule has 1 saturated carbocycles. The molecule has 2 unspecified atom stereocenters. The molecule has 182 valence electrons. The van der Waals surface area contributed by atoms with Crippen LogP contribution in [0.2, 0.25) is 0 Å². The van der Waals surface area contributed by atoms with Crippen LogP contribution in [0.25, 0.3) is 0 Å². The van der Waals surface area contributed by atoms with Crippen LogP contribution in [0.5, 0.6) is 0 Å². The topological polar surface area (TPSA) is 65.5 Å². The molecule has 6 heteroatoms.